The molecule has 148 valence electrons. The van der Waals surface area contributed by atoms with Crippen LogP contribution in [-0.4, -0.2) is 34.8 Å². The molecule has 0 radical (unpaired) electrons. The first-order chi connectivity index (χ1) is 13.6. The van der Waals surface area contributed by atoms with E-state index < -0.39 is 0 Å². The Bertz CT molecular complexity index is 857. The maximum Gasteiger partial charge on any atom is 0.253 e. The number of hydrogen-bond acceptors (Lipinski definition) is 4. The summed E-state index contributed by atoms with van der Waals surface area (Å²) < 4.78 is 13.4. The number of likely N-dealkylation sites (tertiary alicyclic amines) is 1. The van der Waals surface area contributed by atoms with Crippen LogP contribution in [0.4, 0.5) is 4.39 Å². The number of piperidine rings is 1. The fourth-order valence-corrected chi connectivity index (χ4v) is 4.71. The van der Waals surface area contributed by atoms with E-state index >= 15 is 0 Å². The lowest BCUT2D eigenvalue weighted by atomic mass is 9.85. The molecule has 1 aromatic carbocycles. The van der Waals surface area contributed by atoms with E-state index in [1.165, 1.54) is 12.1 Å². The Hall–Kier alpha value is -2.28. The van der Waals surface area contributed by atoms with E-state index in [1.807, 2.05) is 5.38 Å². The minimum absolute atomic E-state index is 0.114. The summed E-state index contributed by atoms with van der Waals surface area (Å²) in [6.07, 6.45) is 4.85. The van der Waals surface area contributed by atoms with Crippen molar-refractivity contribution in [2.45, 2.75) is 44.6 Å². The molecule has 2 aliphatic rings. The molecule has 2 amide bonds. The molecule has 1 saturated heterocycles. The molecule has 7 heteroatoms. The van der Waals surface area contributed by atoms with Gasteiger partial charge in [-0.1, -0.05) is 12.5 Å². The largest absolute Gasteiger partial charge is 0.350 e. The Kier molecular flexibility index (Phi) is 5.71. The van der Waals surface area contributed by atoms with Crippen molar-refractivity contribution in [3.8, 4) is 0 Å². The van der Waals surface area contributed by atoms with E-state index in [-0.39, 0.29) is 23.5 Å². The molecule has 2 heterocycles. The minimum atomic E-state index is -0.388. The van der Waals surface area contributed by atoms with Gasteiger partial charge in [-0.15, -0.1) is 11.3 Å². The predicted octanol–water partition coefficient (Wildman–Crippen LogP) is 3.72. The zero-order chi connectivity index (χ0) is 19.5. The summed E-state index contributed by atoms with van der Waals surface area (Å²) in [5.41, 5.74) is 1.31. The average molecular weight is 402 g/mol. The SMILES string of the molecule is O=C(NCc1csc(C2CCN(C(=O)c3cccc(F)c3)CC2)n1)C1CCC1. The van der Waals surface area contributed by atoms with E-state index in [4.69, 9.17) is 4.98 Å². The van der Waals surface area contributed by atoms with Crippen LogP contribution in [0.3, 0.4) is 0 Å². The van der Waals surface area contributed by atoms with Crippen LogP contribution in [0.5, 0.6) is 0 Å². The van der Waals surface area contributed by atoms with Crippen molar-refractivity contribution < 1.29 is 14.0 Å². The quantitative estimate of drug-likeness (QED) is 0.831. The number of nitrogens with zero attached hydrogens (tertiary/aromatic N) is 2. The number of halogens is 1. The maximum absolute atomic E-state index is 13.4. The van der Waals surface area contributed by atoms with Gasteiger partial charge >= 0.3 is 0 Å². The standard InChI is InChI=1S/C21H24FN3O2S/c22-17-6-2-5-16(11-17)21(27)25-9-7-15(8-10-25)20-24-18(13-28-20)12-23-19(26)14-3-1-4-14/h2,5-6,11,13-15H,1,3-4,7-10,12H2,(H,23,26). The molecule has 1 aliphatic carbocycles. The van der Waals surface area contributed by atoms with Gasteiger partial charge in [0.05, 0.1) is 17.2 Å². The molecule has 2 aromatic rings. The van der Waals surface area contributed by atoms with Gasteiger partial charge in [-0.3, -0.25) is 9.59 Å². The van der Waals surface area contributed by atoms with Crippen LogP contribution in [0.2, 0.25) is 0 Å². The van der Waals surface area contributed by atoms with Crippen LogP contribution in [-0.2, 0) is 11.3 Å². The zero-order valence-corrected chi connectivity index (χ0v) is 16.5. The Balaban J connectivity index is 1.28. The molecule has 0 bridgehead atoms. The van der Waals surface area contributed by atoms with Crippen LogP contribution >= 0.6 is 11.3 Å². The fraction of sp³-hybridized carbons (Fsp3) is 0.476. The topological polar surface area (TPSA) is 62.3 Å². The Morgan fingerprint density at radius 3 is 2.68 bits per heavy atom. The van der Waals surface area contributed by atoms with Gasteiger partial charge < -0.3 is 10.2 Å². The molecular formula is C21H24FN3O2S. The van der Waals surface area contributed by atoms with Crippen LogP contribution in [0.25, 0.3) is 0 Å². The van der Waals surface area contributed by atoms with Crippen LogP contribution < -0.4 is 5.32 Å². The summed E-state index contributed by atoms with van der Waals surface area (Å²) >= 11 is 1.63. The number of hydrogen-bond donors (Lipinski definition) is 1. The van der Waals surface area contributed by atoms with Gasteiger partial charge in [0.25, 0.3) is 5.91 Å². The number of carbonyl (C=O) groups excluding carboxylic acids is 2. The highest BCUT2D eigenvalue weighted by atomic mass is 32.1. The number of aromatic nitrogens is 1. The first kappa shape index (κ1) is 19.1. The lowest BCUT2D eigenvalue weighted by molar-refractivity contribution is -0.127. The Labute approximate surface area is 168 Å². The highest BCUT2D eigenvalue weighted by molar-refractivity contribution is 7.09. The third-order valence-corrected chi connectivity index (χ3v) is 6.75. The van der Waals surface area contributed by atoms with Crippen LogP contribution in [0.1, 0.15) is 59.1 Å². The summed E-state index contributed by atoms with van der Waals surface area (Å²) in [6, 6.07) is 5.86. The van der Waals surface area contributed by atoms with E-state index in [1.54, 1.807) is 28.4 Å². The molecule has 4 rings (SSSR count). The minimum Gasteiger partial charge on any atom is -0.350 e. The van der Waals surface area contributed by atoms with Crippen LogP contribution in [0, 0.1) is 11.7 Å². The van der Waals surface area contributed by atoms with Gasteiger partial charge in [0, 0.05) is 35.9 Å². The van der Waals surface area contributed by atoms with Gasteiger partial charge in [-0.25, -0.2) is 9.37 Å². The number of amides is 2. The summed E-state index contributed by atoms with van der Waals surface area (Å²) in [5.74, 6) is 0.164. The molecule has 1 N–H and O–H groups in total. The summed E-state index contributed by atoms with van der Waals surface area (Å²) in [7, 11) is 0. The second-order valence-corrected chi connectivity index (χ2v) is 8.49. The number of rotatable bonds is 5. The Morgan fingerprint density at radius 2 is 2.00 bits per heavy atom. The zero-order valence-electron chi connectivity index (χ0n) is 15.7. The van der Waals surface area contributed by atoms with Gasteiger partial charge in [0.2, 0.25) is 5.91 Å². The van der Waals surface area contributed by atoms with Crippen LogP contribution in [0.15, 0.2) is 29.6 Å². The van der Waals surface area contributed by atoms with Gasteiger partial charge in [-0.2, -0.15) is 0 Å². The van der Waals surface area contributed by atoms with Crippen molar-refractivity contribution in [1.82, 2.24) is 15.2 Å². The highest BCUT2D eigenvalue weighted by Crippen LogP contribution is 2.31. The fourth-order valence-electron chi connectivity index (χ4n) is 3.72. The molecular weight excluding hydrogens is 377 g/mol. The first-order valence-corrected chi connectivity index (χ1v) is 10.7. The third-order valence-electron chi connectivity index (χ3n) is 5.69. The molecule has 5 nitrogen and oxygen atoms in total. The van der Waals surface area contributed by atoms with Gasteiger partial charge in [0.1, 0.15) is 5.82 Å². The number of carbonyl (C=O) groups is 2. The molecule has 1 saturated carbocycles. The second kappa shape index (κ2) is 8.39. The maximum atomic E-state index is 13.4. The molecule has 1 aromatic heterocycles. The highest BCUT2D eigenvalue weighted by Gasteiger charge is 2.27. The Morgan fingerprint density at radius 1 is 1.21 bits per heavy atom. The lowest BCUT2D eigenvalue weighted by Crippen LogP contribution is -2.38. The van der Waals surface area contributed by atoms with Crippen molar-refractivity contribution in [2.75, 3.05) is 13.1 Å². The predicted molar refractivity (Wildman–Crippen MR) is 106 cm³/mol. The number of benzene rings is 1. The second-order valence-electron chi connectivity index (χ2n) is 7.60. The molecule has 0 atom stereocenters. The summed E-state index contributed by atoms with van der Waals surface area (Å²) in [6.45, 7) is 1.78. The van der Waals surface area contributed by atoms with Crippen molar-refractivity contribution in [2.24, 2.45) is 5.92 Å². The smallest absolute Gasteiger partial charge is 0.253 e. The molecule has 28 heavy (non-hydrogen) atoms. The van der Waals surface area contributed by atoms with Gasteiger partial charge in [0.15, 0.2) is 0 Å². The van der Waals surface area contributed by atoms with E-state index in [0.717, 1.165) is 42.8 Å². The van der Waals surface area contributed by atoms with Crippen molar-refractivity contribution in [1.29, 1.82) is 0 Å². The normalized spacial score (nSPS) is 18.0. The summed E-state index contributed by atoms with van der Waals surface area (Å²) in [4.78, 5) is 31.0. The molecule has 1 aliphatic heterocycles. The lowest BCUT2D eigenvalue weighted by Gasteiger charge is -2.31. The van der Waals surface area contributed by atoms with E-state index in [9.17, 15) is 14.0 Å². The van der Waals surface area contributed by atoms with Crippen molar-refractivity contribution in [3.63, 3.8) is 0 Å². The molecule has 0 unspecified atom stereocenters. The van der Waals surface area contributed by atoms with Gasteiger partial charge in [-0.05, 0) is 43.9 Å². The van der Waals surface area contributed by atoms with Crippen molar-refractivity contribution in [3.05, 3.63) is 51.7 Å². The average Bonchev–Trinajstić information content (AvgIpc) is 3.14. The van der Waals surface area contributed by atoms with E-state index in [0.29, 0.717) is 31.1 Å². The molecule has 0 spiro atoms. The monoisotopic (exact) mass is 401 g/mol. The van der Waals surface area contributed by atoms with E-state index in [2.05, 4.69) is 5.32 Å². The van der Waals surface area contributed by atoms with Crippen molar-refractivity contribution >= 4 is 23.2 Å². The number of thiazole rings is 1. The summed E-state index contributed by atoms with van der Waals surface area (Å²) in [5, 5.41) is 6.07. The molecule has 2 fully saturated rings. The number of nitrogens with one attached hydrogen (secondary N) is 1. The third kappa shape index (κ3) is 4.24. The first-order valence-electron chi connectivity index (χ1n) is 9.87.